The lowest BCUT2D eigenvalue weighted by atomic mass is 10.1. The minimum atomic E-state index is 0.534. The molecule has 19 heavy (non-hydrogen) atoms. The first-order valence-electron chi connectivity index (χ1n) is 7.30. The van der Waals surface area contributed by atoms with Crippen LogP contribution in [0, 0.1) is 0 Å². The number of piperazine rings is 1. The molecule has 1 unspecified atom stereocenters. The van der Waals surface area contributed by atoms with Crippen LogP contribution >= 0.6 is 11.5 Å². The van der Waals surface area contributed by atoms with Gasteiger partial charge in [-0.1, -0.05) is 13.8 Å². The van der Waals surface area contributed by atoms with E-state index in [0.717, 1.165) is 62.9 Å². The second kappa shape index (κ2) is 7.17. The van der Waals surface area contributed by atoms with Gasteiger partial charge in [-0.2, -0.15) is 4.37 Å². The lowest BCUT2D eigenvalue weighted by Gasteiger charge is -2.38. The number of aromatic nitrogens is 2. The molecule has 2 N–H and O–H groups in total. The van der Waals surface area contributed by atoms with Crippen LogP contribution in [-0.4, -0.2) is 53.0 Å². The Morgan fingerprint density at radius 2 is 2.00 bits per heavy atom. The molecule has 5 nitrogen and oxygen atoms in total. The van der Waals surface area contributed by atoms with Crippen LogP contribution in [0.5, 0.6) is 0 Å². The molecule has 2 heterocycles. The van der Waals surface area contributed by atoms with Gasteiger partial charge in [0.2, 0.25) is 5.13 Å². The number of hydrogen-bond acceptors (Lipinski definition) is 6. The monoisotopic (exact) mass is 283 g/mol. The molecule has 1 aromatic rings. The standard InChI is InChI=1S/C13H25N5S/c1-3-5-12-15-13(19-16-12)18-8-6-17(7-9-18)11(4-2)10-14/h11H,3-10,14H2,1-2H3. The van der Waals surface area contributed by atoms with Gasteiger partial charge in [-0.15, -0.1) is 0 Å². The lowest BCUT2D eigenvalue weighted by molar-refractivity contribution is 0.184. The number of hydrogen-bond donors (Lipinski definition) is 1. The molecular formula is C13H25N5S. The summed E-state index contributed by atoms with van der Waals surface area (Å²) in [6.45, 7) is 9.38. The van der Waals surface area contributed by atoms with Crippen molar-refractivity contribution in [2.45, 2.75) is 39.2 Å². The first kappa shape index (κ1) is 14.7. The summed E-state index contributed by atoms with van der Waals surface area (Å²) in [5, 5.41) is 1.09. The Morgan fingerprint density at radius 1 is 1.26 bits per heavy atom. The van der Waals surface area contributed by atoms with Gasteiger partial charge >= 0.3 is 0 Å². The van der Waals surface area contributed by atoms with E-state index >= 15 is 0 Å². The highest BCUT2D eigenvalue weighted by atomic mass is 32.1. The Balaban J connectivity index is 1.88. The summed E-state index contributed by atoms with van der Waals surface area (Å²) in [7, 11) is 0. The van der Waals surface area contributed by atoms with Crippen LogP contribution in [0.15, 0.2) is 0 Å². The molecule has 6 heteroatoms. The highest BCUT2D eigenvalue weighted by Gasteiger charge is 2.23. The topological polar surface area (TPSA) is 58.3 Å². The van der Waals surface area contributed by atoms with Gasteiger partial charge in [0.25, 0.3) is 0 Å². The molecule has 0 saturated carbocycles. The normalized spacial score (nSPS) is 18.8. The van der Waals surface area contributed by atoms with Crippen molar-refractivity contribution in [3.8, 4) is 0 Å². The van der Waals surface area contributed by atoms with Crippen LogP contribution in [0.1, 0.15) is 32.5 Å². The maximum atomic E-state index is 5.82. The Kier molecular flexibility index (Phi) is 5.54. The number of rotatable bonds is 6. The summed E-state index contributed by atoms with van der Waals surface area (Å²) in [5.74, 6) is 0.998. The van der Waals surface area contributed by atoms with Crippen molar-refractivity contribution in [1.29, 1.82) is 0 Å². The van der Waals surface area contributed by atoms with E-state index in [1.165, 1.54) is 11.5 Å². The quantitative estimate of drug-likeness (QED) is 0.854. The van der Waals surface area contributed by atoms with E-state index < -0.39 is 0 Å². The van der Waals surface area contributed by atoms with Crippen molar-refractivity contribution >= 4 is 16.7 Å². The van der Waals surface area contributed by atoms with Crippen LogP contribution < -0.4 is 10.6 Å². The lowest BCUT2D eigenvalue weighted by Crippen LogP contribution is -2.52. The van der Waals surface area contributed by atoms with Gasteiger partial charge in [0.15, 0.2) is 0 Å². The molecule has 0 aromatic carbocycles. The number of anilines is 1. The van der Waals surface area contributed by atoms with Crippen molar-refractivity contribution in [2.24, 2.45) is 5.73 Å². The number of nitrogens with zero attached hydrogens (tertiary/aromatic N) is 4. The Morgan fingerprint density at radius 3 is 2.58 bits per heavy atom. The highest BCUT2D eigenvalue weighted by molar-refractivity contribution is 7.09. The fourth-order valence-electron chi connectivity index (χ4n) is 2.55. The molecule has 108 valence electrons. The first-order valence-corrected chi connectivity index (χ1v) is 8.07. The van der Waals surface area contributed by atoms with Crippen molar-refractivity contribution < 1.29 is 0 Å². The predicted molar refractivity (Wildman–Crippen MR) is 80.8 cm³/mol. The molecule has 0 radical (unpaired) electrons. The number of nitrogens with two attached hydrogens (primary N) is 1. The predicted octanol–water partition coefficient (Wildman–Crippen LogP) is 1.35. The van der Waals surface area contributed by atoms with Gasteiger partial charge in [-0.05, 0) is 12.8 Å². The highest BCUT2D eigenvalue weighted by Crippen LogP contribution is 2.20. The third-order valence-corrected chi connectivity index (χ3v) is 4.59. The summed E-state index contributed by atoms with van der Waals surface area (Å²) in [5.41, 5.74) is 5.82. The fourth-order valence-corrected chi connectivity index (χ4v) is 3.31. The van der Waals surface area contributed by atoms with Gasteiger partial charge < -0.3 is 10.6 Å². The summed E-state index contributed by atoms with van der Waals surface area (Å²) in [6.07, 6.45) is 3.23. The Bertz CT molecular complexity index is 369. The van der Waals surface area contributed by atoms with Crippen LogP contribution in [0.4, 0.5) is 5.13 Å². The average molecular weight is 283 g/mol. The van der Waals surface area contributed by atoms with E-state index in [1.54, 1.807) is 0 Å². The van der Waals surface area contributed by atoms with Gasteiger partial charge in [-0.25, -0.2) is 4.98 Å². The van der Waals surface area contributed by atoms with Crippen LogP contribution in [0.25, 0.3) is 0 Å². The zero-order valence-electron chi connectivity index (χ0n) is 12.0. The molecule has 1 fully saturated rings. The van der Waals surface area contributed by atoms with E-state index in [0.29, 0.717) is 6.04 Å². The summed E-state index contributed by atoms with van der Waals surface area (Å²) >= 11 is 1.54. The van der Waals surface area contributed by atoms with Gasteiger partial charge in [-0.3, -0.25) is 4.90 Å². The van der Waals surface area contributed by atoms with Gasteiger partial charge in [0.05, 0.1) is 0 Å². The van der Waals surface area contributed by atoms with Gasteiger partial charge in [0, 0.05) is 56.7 Å². The van der Waals surface area contributed by atoms with Crippen LogP contribution in [0.2, 0.25) is 0 Å². The smallest absolute Gasteiger partial charge is 0.205 e. The molecule has 0 bridgehead atoms. The minimum absolute atomic E-state index is 0.534. The SMILES string of the molecule is CCCc1nsc(N2CCN(C(CC)CN)CC2)n1. The molecule has 1 atom stereocenters. The van der Waals surface area contributed by atoms with E-state index in [-0.39, 0.29) is 0 Å². The molecule has 1 aromatic heterocycles. The van der Waals surface area contributed by atoms with E-state index in [4.69, 9.17) is 5.73 Å². The first-order chi connectivity index (χ1) is 9.28. The third-order valence-electron chi connectivity index (χ3n) is 3.78. The third kappa shape index (κ3) is 3.64. The molecule has 0 aliphatic carbocycles. The number of aryl methyl sites for hydroxylation is 1. The average Bonchev–Trinajstić information content (AvgIpc) is 2.90. The summed E-state index contributed by atoms with van der Waals surface area (Å²) in [6, 6.07) is 0.534. The zero-order chi connectivity index (χ0) is 13.7. The maximum absolute atomic E-state index is 5.82. The minimum Gasteiger partial charge on any atom is -0.344 e. The molecule has 2 rings (SSSR count). The second-order valence-electron chi connectivity index (χ2n) is 5.06. The summed E-state index contributed by atoms with van der Waals surface area (Å²) < 4.78 is 4.42. The largest absolute Gasteiger partial charge is 0.344 e. The van der Waals surface area contributed by atoms with Crippen molar-refractivity contribution in [2.75, 3.05) is 37.6 Å². The maximum Gasteiger partial charge on any atom is 0.205 e. The molecule has 0 amide bonds. The molecule has 0 spiro atoms. The molecular weight excluding hydrogens is 258 g/mol. The van der Waals surface area contributed by atoms with Crippen LogP contribution in [0.3, 0.4) is 0 Å². The Labute approximate surface area is 120 Å². The zero-order valence-corrected chi connectivity index (χ0v) is 12.8. The van der Waals surface area contributed by atoms with Crippen molar-refractivity contribution in [1.82, 2.24) is 14.3 Å². The van der Waals surface area contributed by atoms with E-state index in [1.807, 2.05) is 0 Å². The molecule has 1 aliphatic heterocycles. The second-order valence-corrected chi connectivity index (χ2v) is 5.79. The summed E-state index contributed by atoms with van der Waals surface area (Å²) in [4.78, 5) is 9.49. The van der Waals surface area contributed by atoms with Gasteiger partial charge in [0.1, 0.15) is 5.82 Å². The van der Waals surface area contributed by atoms with E-state index in [9.17, 15) is 0 Å². The van der Waals surface area contributed by atoms with Crippen molar-refractivity contribution in [3.05, 3.63) is 5.82 Å². The van der Waals surface area contributed by atoms with E-state index in [2.05, 4.69) is 33.0 Å². The molecule has 1 aliphatic rings. The Hall–Kier alpha value is -0.720. The molecule has 1 saturated heterocycles. The van der Waals surface area contributed by atoms with Crippen LogP contribution in [-0.2, 0) is 6.42 Å². The fraction of sp³-hybridized carbons (Fsp3) is 0.846. The van der Waals surface area contributed by atoms with Crippen molar-refractivity contribution in [3.63, 3.8) is 0 Å².